The van der Waals surface area contributed by atoms with Gasteiger partial charge in [-0.1, -0.05) is 0 Å². The van der Waals surface area contributed by atoms with Gasteiger partial charge in [0.15, 0.2) is 0 Å². The molecule has 0 aliphatic rings. The largest absolute Gasteiger partial charge is 0.465 e. The molecule has 0 aromatic carbocycles. The maximum absolute atomic E-state index is 11.8. The highest BCUT2D eigenvalue weighted by Crippen LogP contribution is 2.31. The number of nitrogens with zero attached hydrogens (tertiary/aromatic N) is 2. The molecule has 0 radical (unpaired) electrons. The highest BCUT2D eigenvalue weighted by atomic mass is 32.1. The topological polar surface area (TPSA) is 52.1 Å². The van der Waals surface area contributed by atoms with Gasteiger partial charge in [0.05, 0.1) is 28.6 Å². The van der Waals surface area contributed by atoms with Crippen molar-refractivity contribution in [2.24, 2.45) is 0 Å². The molecule has 0 spiro atoms. The summed E-state index contributed by atoms with van der Waals surface area (Å²) in [6.45, 7) is 2.02. The van der Waals surface area contributed by atoms with Gasteiger partial charge in [-0.25, -0.2) is 9.78 Å². The number of carbonyl (C=O) groups excluding carboxylic acids is 1. The number of aromatic nitrogens is 2. The van der Waals surface area contributed by atoms with E-state index in [2.05, 4.69) is 9.97 Å². The minimum Gasteiger partial charge on any atom is -0.465 e. The number of fused-ring (bicyclic) bond motifs is 1. The van der Waals surface area contributed by atoms with Crippen LogP contribution in [0.4, 0.5) is 0 Å². The number of pyridine rings is 2. The monoisotopic (exact) mass is 284 g/mol. The summed E-state index contributed by atoms with van der Waals surface area (Å²) in [6.07, 6.45) is 3.48. The molecule has 0 saturated heterocycles. The van der Waals surface area contributed by atoms with Crippen LogP contribution in [0.25, 0.3) is 21.5 Å². The van der Waals surface area contributed by atoms with Gasteiger partial charge in [-0.2, -0.15) is 0 Å². The molecule has 20 heavy (non-hydrogen) atoms. The third-order valence-corrected chi connectivity index (χ3v) is 4.18. The average Bonchev–Trinajstić information content (AvgIpc) is 2.92. The van der Waals surface area contributed by atoms with Crippen molar-refractivity contribution in [3.05, 3.63) is 47.1 Å². The second-order valence-corrected chi connectivity index (χ2v) is 5.26. The van der Waals surface area contributed by atoms with Crippen LogP contribution >= 0.6 is 11.3 Å². The van der Waals surface area contributed by atoms with Crippen LogP contribution in [0.3, 0.4) is 0 Å². The first-order valence-corrected chi connectivity index (χ1v) is 6.96. The molecule has 0 fully saturated rings. The Morgan fingerprint density at radius 1 is 1.40 bits per heavy atom. The van der Waals surface area contributed by atoms with Crippen LogP contribution in [0.1, 0.15) is 15.9 Å². The van der Waals surface area contributed by atoms with Crippen LogP contribution < -0.4 is 0 Å². The fourth-order valence-electron chi connectivity index (χ4n) is 2.08. The molecular formula is C15H12N2O2S. The highest BCUT2D eigenvalue weighted by molar-refractivity contribution is 7.17. The van der Waals surface area contributed by atoms with Crippen molar-refractivity contribution in [1.82, 2.24) is 9.97 Å². The lowest BCUT2D eigenvalue weighted by Crippen LogP contribution is -2.01. The summed E-state index contributed by atoms with van der Waals surface area (Å²) in [6, 6.07) is 5.83. The van der Waals surface area contributed by atoms with Crippen LogP contribution in [-0.4, -0.2) is 23.0 Å². The van der Waals surface area contributed by atoms with Gasteiger partial charge in [0.25, 0.3) is 0 Å². The van der Waals surface area contributed by atoms with Gasteiger partial charge in [0.1, 0.15) is 0 Å². The Labute approximate surface area is 120 Å². The number of aryl methyl sites for hydroxylation is 1. The normalized spacial score (nSPS) is 10.7. The summed E-state index contributed by atoms with van der Waals surface area (Å²) in [5.74, 6) is -0.355. The number of carbonyl (C=O) groups is 1. The Bertz CT molecular complexity index is 781. The fraction of sp³-hybridized carbons (Fsp3) is 0.133. The molecule has 0 amide bonds. The molecule has 100 valence electrons. The van der Waals surface area contributed by atoms with Crippen molar-refractivity contribution in [1.29, 1.82) is 0 Å². The molecule has 5 heteroatoms. The lowest BCUT2D eigenvalue weighted by Gasteiger charge is -2.04. The third kappa shape index (κ3) is 2.06. The molecule has 0 atom stereocenters. The zero-order valence-corrected chi connectivity index (χ0v) is 11.9. The predicted octanol–water partition coefficient (Wildman–Crippen LogP) is 3.45. The van der Waals surface area contributed by atoms with E-state index in [4.69, 9.17) is 4.74 Å². The van der Waals surface area contributed by atoms with Crippen LogP contribution in [-0.2, 0) is 4.74 Å². The molecule has 3 aromatic rings. The maximum atomic E-state index is 11.8. The van der Waals surface area contributed by atoms with Gasteiger partial charge in [-0.05, 0) is 30.7 Å². The summed E-state index contributed by atoms with van der Waals surface area (Å²) in [4.78, 5) is 20.5. The lowest BCUT2D eigenvalue weighted by atomic mass is 10.1. The minimum absolute atomic E-state index is 0.355. The number of hydrogen-bond acceptors (Lipinski definition) is 5. The molecule has 0 bridgehead atoms. The molecule has 4 nitrogen and oxygen atoms in total. The first-order valence-electron chi connectivity index (χ1n) is 6.08. The first kappa shape index (κ1) is 12.7. The quantitative estimate of drug-likeness (QED) is 0.676. The van der Waals surface area contributed by atoms with Gasteiger partial charge < -0.3 is 4.74 Å². The zero-order valence-electron chi connectivity index (χ0n) is 11.1. The highest BCUT2D eigenvalue weighted by Gasteiger charge is 2.16. The summed E-state index contributed by atoms with van der Waals surface area (Å²) < 4.78 is 5.82. The van der Waals surface area contributed by atoms with Crippen molar-refractivity contribution >= 4 is 27.5 Å². The van der Waals surface area contributed by atoms with Crippen molar-refractivity contribution < 1.29 is 9.53 Å². The van der Waals surface area contributed by atoms with E-state index in [0.717, 1.165) is 21.5 Å². The average molecular weight is 284 g/mol. The number of esters is 1. The van der Waals surface area contributed by atoms with E-state index in [1.807, 2.05) is 25.1 Å². The van der Waals surface area contributed by atoms with Gasteiger partial charge in [0, 0.05) is 23.3 Å². The molecule has 3 aromatic heterocycles. The molecule has 3 rings (SSSR count). The zero-order chi connectivity index (χ0) is 14.1. The lowest BCUT2D eigenvalue weighted by molar-refractivity contribution is 0.0603. The summed E-state index contributed by atoms with van der Waals surface area (Å²) in [7, 11) is 1.38. The summed E-state index contributed by atoms with van der Waals surface area (Å²) in [5, 5.41) is 1.80. The molecule has 3 heterocycles. The number of methoxy groups -OCH3 is 1. The van der Waals surface area contributed by atoms with Crippen LogP contribution in [0.15, 0.2) is 36.0 Å². The second-order valence-electron chi connectivity index (χ2n) is 4.38. The molecule has 0 unspecified atom stereocenters. The van der Waals surface area contributed by atoms with E-state index in [-0.39, 0.29) is 5.97 Å². The van der Waals surface area contributed by atoms with E-state index in [0.29, 0.717) is 11.1 Å². The number of rotatable bonds is 2. The Kier molecular flexibility index (Phi) is 3.20. The van der Waals surface area contributed by atoms with Crippen LogP contribution in [0, 0.1) is 6.92 Å². The van der Waals surface area contributed by atoms with Crippen molar-refractivity contribution in [2.75, 3.05) is 7.11 Å². The number of ether oxygens (including phenoxy) is 1. The Hall–Kier alpha value is -2.27. The first-order chi connectivity index (χ1) is 9.70. The maximum Gasteiger partial charge on any atom is 0.340 e. The van der Waals surface area contributed by atoms with E-state index in [1.165, 1.54) is 18.4 Å². The van der Waals surface area contributed by atoms with Crippen molar-refractivity contribution in [2.45, 2.75) is 6.92 Å². The van der Waals surface area contributed by atoms with Crippen molar-refractivity contribution in [3.63, 3.8) is 0 Å². The van der Waals surface area contributed by atoms with Gasteiger partial charge in [0.2, 0.25) is 0 Å². The molecule has 0 saturated carbocycles. The summed E-state index contributed by atoms with van der Waals surface area (Å²) in [5.41, 5.74) is 4.04. The minimum atomic E-state index is -0.355. The fourth-order valence-corrected chi connectivity index (χ4v) is 3.04. The van der Waals surface area contributed by atoms with Crippen LogP contribution in [0.2, 0.25) is 0 Å². The molecule has 0 aliphatic heterocycles. The van der Waals surface area contributed by atoms with Crippen LogP contribution in [0.5, 0.6) is 0 Å². The van der Waals surface area contributed by atoms with E-state index in [1.54, 1.807) is 17.8 Å². The predicted molar refractivity (Wildman–Crippen MR) is 78.9 cm³/mol. The number of hydrogen-bond donors (Lipinski definition) is 0. The van der Waals surface area contributed by atoms with E-state index in [9.17, 15) is 4.79 Å². The smallest absolute Gasteiger partial charge is 0.340 e. The SMILES string of the molecule is COC(=O)c1csc2c(C)cc(-c3cccnc3)nc12. The summed E-state index contributed by atoms with van der Waals surface area (Å²) >= 11 is 1.51. The number of thiophene rings is 1. The Balaban J connectivity index is 2.24. The Morgan fingerprint density at radius 3 is 2.95 bits per heavy atom. The Morgan fingerprint density at radius 2 is 2.25 bits per heavy atom. The van der Waals surface area contributed by atoms with Crippen molar-refractivity contribution in [3.8, 4) is 11.3 Å². The standard InChI is InChI=1S/C15H12N2O2S/c1-9-6-12(10-4-3-5-16-7-10)17-13-11(15(18)19-2)8-20-14(9)13/h3-8H,1-2H3. The molecular weight excluding hydrogens is 272 g/mol. The van der Waals surface area contributed by atoms with E-state index >= 15 is 0 Å². The molecule has 0 N–H and O–H groups in total. The van der Waals surface area contributed by atoms with Gasteiger partial charge >= 0.3 is 5.97 Å². The van der Waals surface area contributed by atoms with Gasteiger partial charge in [-0.3, -0.25) is 4.98 Å². The molecule has 0 aliphatic carbocycles. The third-order valence-electron chi connectivity index (χ3n) is 3.07. The van der Waals surface area contributed by atoms with Gasteiger partial charge in [-0.15, -0.1) is 11.3 Å². The second kappa shape index (κ2) is 5.02. The van der Waals surface area contributed by atoms with E-state index < -0.39 is 0 Å².